The van der Waals surface area contributed by atoms with Crippen LogP contribution in [-0.4, -0.2) is 145 Å². The summed E-state index contributed by atoms with van der Waals surface area (Å²) in [5, 5.41) is 42.3. The van der Waals surface area contributed by atoms with Gasteiger partial charge in [0.1, 0.15) is 53.9 Å². The Kier molecular flexibility index (Phi) is 25.5. The number of aromatic hydroxyl groups is 1. The zero-order valence-corrected chi connectivity index (χ0v) is 50.0. The van der Waals surface area contributed by atoms with Gasteiger partial charge in [0.15, 0.2) is 5.96 Å². The number of nitrogens with zero attached hydrogens (tertiary/aromatic N) is 2. The van der Waals surface area contributed by atoms with Gasteiger partial charge >= 0.3 is 12.1 Å². The molecule has 0 unspecified atom stereocenters. The normalized spacial score (nSPS) is 13.7. The highest BCUT2D eigenvalue weighted by Gasteiger charge is 2.35. The lowest BCUT2D eigenvalue weighted by atomic mass is 9.98. The molecule has 1 aliphatic heterocycles. The zero-order chi connectivity index (χ0) is 65.4. The molecule has 26 nitrogen and oxygen atoms in total. The number of phenolic OH excluding ortho intramolecular Hbond substituents is 1. The number of amides is 10. The maximum Gasteiger partial charge on any atom is 0.407 e. The van der Waals surface area contributed by atoms with Crippen molar-refractivity contribution >= 4 is 59.4 Å². The van der Waals surface area contributed by atoms with Crippen LogP contribution >= 0.6 is 0 Å². The van der Waals surface area contributed by atoms with Crippen molar-refractivity contribution in [3.63, 3.8) is 0 Å². The van der Waals surface area contributed by atoms with Crippen LogP contribution in [0.2, 0.25) is 0 Å². The summed E-state index contributed by atoms with van der Waals surface area (Å²) < 4.78 is 40.9. The Morgan fingerprint density at radius 3 is 1.92 bits per heavy atom. The Bertz CT molecular complexity index is 3350. The number of hydrogen-bond donors (Lipinski definition) is 13. The highest BCUT2D eigenvalue weighted by molar-refractivity contribution is 5.96. The minimum absolute atomic E-state index is 0.000182. The number of urea groups is 1. The van der Waals surface area contributed by atoms with E-state index in [1.807, 2.05) is 77.7 Å². The number of aliphatic hydroxyl groups is 1. The number of halogens is 2. The molecule has 0 bridgehead atoms. The molecule has 1 aliphatic carbocycles. The molecule has 5 aromatic rings. The molecule has 28 heteroatoms. The van der Waals surface area contributed by atoms with Crippen molar-refractivity contribution in [2.24, 2.45) is 16.5 Å². The predicted octanol–water partition coefficient (Wildman–Crippen LogP) is 2.10. The van der Waals surface area contributed by atoms with Crippen LogP contribution in [0, 0.1) is 11.6 Å². The van der Waals surface area contributed by atoms with Gasteiger partial charge in [0.05, 0.1) is 19.6 Å². The van der Waals surface area contributed by atoms with Crippen LogP contribution in [0.25, 0.3) is 11.1 Å². The molecule has 0 spiro atoms. The third-order valence-electron chi connectivity index (χ3n) is 14.8. The van der Waals surface area contributed by atoms with Crippen LogP contribution in [-0.2, 0) is 57.9 Å². The topological polar surface area (TPSA) is 388 Å². The van der Waals surface area contributed by atoms with E-state index in [0.29, 0.717) is 36.5 Å². The third kappa shape index (κ3) is 20.1. The predicted molar refractivity (Wildman–Crippen MR) is 328 cm³/mol. The van der Waals surface area contributed by atoms with Crippen LogP contribution in [0.15, 0.2) is 114 Å². The number of nitrogens with one attached hydrogen (secondary N) is 9. The van der Waals surface area contributed by atoms with Crippen LogP contribution in [0.3, 0.4) is 0 Å². The summed E-state index contributed by atoms with van der Waals surface area (Å²) in [6.07, 6.45) is -1.11. The number of carbonyl (C=O) groups excluding carboxylic acids is 9. The number of guanidine groups is 1. The van der Waals surface area contributed by atoms with Crippen LogP contribution < -0.4 is 64.1 Å². The number of phenols is 1. The van der Waals surface area contributed by atoms with E-state index >= 15 is 0 Å². The van der Waals surface area contributed by atoms with Crippen molar-refractivity contribution in [1.29, 1.82) is 0 Å². The van der Waals surface area contributed by atoms with Gasteiger partial charge in [0, 0.05) is 88.8 Å². The average molecular weight is 1260 g/mol. The Labute approximate surface area is 523 Å². The van der Waals surface area contributed by atoms with E-state index < -0.39 is 114 Å². The number of aliphatic hydroxyl groups excluding tert-OH is 1. The molecule has 0 aromatic heterocycles. The van der Waals surface area contributed by atoms with Crippen LogP contribution in [0.1, 0.15) is 90.8 Å². The Morgan fingerprint density at radius 1 is 0.670 bits per heavy atom. The fourth-order valence-electron chi connectivity index (χ4n) is 10.3. The molecular formula is C63H75F2N13O13. The summed E-state index contributed by atoms with van der Waals surface area (Å²) in [7, 11) is 0. The van der Waals surface area contributed by atoms with Crippen molar-refractivity contribution in [1.82, 2.24) is 52.8 Å². The van der Waals surface area contributed by atoms with Gasteiger partial charge in [-0.2, -0.15) is 0 Å². The summed E-state index contributed by atoms with van der Waals surface area (Å²) in [4.78, 5) is 122. The molecule has 15 N–H and O–H groups in total. The molecule has 91 heavy (non-hydrogen) atoms. The Morgan fingerprint density at radius 2 is 1.29 bits per heavy atom. The number of ether oxygens (including phenoxy) is 2. The van der Waals surface area contributed by atoms with Crippen LogP contribution in [0.4, 0.5) is 18.4 Å². The molecule has 0 radical (unpaired) electrons. The molecule has 2 aliphatic rings. The van der Waals surface area contributed by atoms with E-state index in [1.165, 1.54) is 0 Å². The molecule has 0 saturated heterocycles. The number of fused-ring (bicyclic) bond motifs is 4. The summed E-state index contributed by atoms with van der Waals surface area (Å²) in [6, 6.07) is 25.3. The lowest BCUT2D eigenvalue weighted by Gasteiger charge is -2.29. The van der Waals surface area contributed by atoms with E-state index in [9.17, 15) is 62.1 Å². The molecule has 5 aromatic carbocycles. The second kappa shape index (κ2) is 33.9. The first-order valence-electron chi connectivity index (χ1n) is 29.6. The molecule has 1 heterocycles. The zero-order valence-electron chi connectivity index (χ0n) is 50.0. The number of carbonyl (C=O) groups is 9. The number of nitrogens with two attached hydrogens (primary N) is 2. The van der Waals surface area contributed by atoms with E-state index in [4.69, 9.17) is 20.9 Å². The highest BCUT2D eigenvalue weighted by atomic mass is 19.1. The maximum absolute atomic E-state index is 14.7. The van der Waals surface area contributed by atoms with E-state index in [0.717, 1.165) is 33.4 Å². The third-order valence-corrected chi connectivity index (χ3v) is 14.8. The number of alkyl carbamates (subject to hydrolysis) is 1. The van der Waals surface area contributed by atoms with Gasteiger partial charge in [-0.25, -0.2) is 18.4 Å². The Hall–Kier alpha value is -10.2. The van der Waals surface area contributed by atoms with Gasteiger partial charge in [0.25, 0.3) is 0 Å². The smallest absolute Gasteiger partial charge is 0.407 e. The second-order valence-electron chi connectivity index (χ2n) is 21.3. The van der Waals surface area contributed by atoms with E-state index in [1.54, 1.807) is 31.2 Å². The van der Waals surface area contributed by atoms with Crippen molar-refractivity contribution in [3.8, 4) is 22.6 Å². The molecule has 0 saturated carbocycles. The minimum Gasteiger partial charge on any atom is -0.508 e. The highest BCUT2D eigenvalue weighted by Crippen LogP contribution is 2.44. The van der Waals surface area contributed by atoms with Crippen LogP contribution in [0.5, 0.6) is 11.5 Å². The average Bonchev–Trinajstić information content (AvgIpc) is 1.64. The standard InChI is InChI=1S/C63H75F2N13O13/c1-2-54(82)68-26-27-71-62(88)77-61(67)70-23-9-17-50(57(84)73-32-46-48(64)29-40(80)30-49(46)65)75-60(87)56(78-33-38-11-3-4-12-39(38)34-78)37-18-20-41(21-19-37)90-28-10-24-69-58(85)51(31-53(66)81)76-59(86)52(35-79)74-55(83)22-25-72-63(89)91-36-47-44-15-7-5-13-42(44)43-14-6-8-16-45(43)47/h3-8,11-16,18-21,29-30,47,50-52,56,79-80H,2,9-10,17,22-28,31-36H2,1H3,(H2,66,81)(H,68,82)(H,69,85)(H,72,89)(H,73,84)(H,74,83)(H,75,87)(H,76,86)(H4,67,70,71,77,88)/t50-,51-,52-,56+/m1/s1. The molecular weight excluding hydrogens is 1180 g/mol. The summed E-state index contributed by atoms with van der Waals surface area (Å²) in [5.74, 6) is -7.93. The second-order valence-corrected chi connectivity index (χ2v) is 21.3. The lowest BCUT2D eigenvalue weighted by Crippen LogP contribution is -2.56. The number of primary amides is 1. The van der Waals surface area contributed by atoms with Crippen molar-refractivity contribution < 1.29 is 71.6 Å². The summed E-state index contributed by atoms with van der Waals surface area (Å²) in [6.45, 7) is 1.10. The Balaban J connectivity index is 0.898. The first-order chi connectivity index (χ1) is 43.8. The number of aliphatic imine (C=N–C) groups is 1. The molecule has 7 rings (SSSR count). The van der Waals surface area contributed by atoms with Crippen molar-refractivity contribution in [2.75, 3.05) is 52.5 Å². The number of hydrogen-bond acceptors (Lipinski definition) is 15. The lowest BCUT2D eigenvalue weighted by molar-refractivity contribution is -0.134. The van der Waals surface area contributed by atoms with E-state index in [2.05, 4.69) is 52.8 Å². The van der Waals surface area contributed by atoms with Gasteiger partial charge in [-0.05, 0) is 70.3 Å². The van der Waals surface area contributed by atoms with Gasteiger partial charge in [-0.3, -0.25) is 48.8 Å². The summed E-state index contributed by atoms with van der Waals surface area (Å²) in [5.41, 5.74) is 17.4. The number of benzene rings is 5. The fraction of sp³-hybridized carbons (Fsp3) is 0.365. The van der Waals surface area contributed by atoms with Crippen molar-refractivity contribution in [2.45, 2.75) is 95.2 Å². The minimum atomic E-state index is -1.54. The first-order valence-corrected chi connectivity index (χ1v) is 29.6. The molecule has 0 fully saturated rings. The SMILES string of the molecule is CCC(=O)NCCNC(=O)NC(N)=NCCC[C@@H](NC(=O)[C@H](c1ccc(OCCCNC(=O)[C@@H](CC(N)=O)NC(=O)[C@@H](CO)NC(=O)CCNC(=O)OCC2c3ccccc3-c3ccccc32)cc1)N1Cc2ccccc2C1)C(=O)NCc1c(F)cc(O)cc1F. The van der Waals surface area contributed by atoms with Gasteiger partial charge < -0.3 is 73.7 Å². The number of rotatable bonds is 32. The van der Waals surface area contributed by atoms with Gasteiger partial charge in [-0.15, -0.1) is 0 Å². The monoisotopic (exact) mass is 1260 g/mol. The molecule has 10 amide bonds. The molecule has 4 atom stereocenters. The molecule has 484 valence electrons. The van der Waals surface area contributed by atoms with Crippen molar-refractivity contribution in [3.05, 3.63) is 154 Å². The summed E-state index contributed by atoms with van der Waals surface area (Å²) >= 11 is 0. The van der Waals surface area contributed by atoms with Gasteiger partial charge in [-0.1, -0.05) is 91.9 Å². The largest absolute Gasteiger partial charge is 0.508 e. The maximum atomic E-state index is 14.7. The first kappa shape index (κ1) is 68.3. The van der Waals surface area contributed by atoms with E-state index in [-0.39, 0.29) is 95.8 Å². The quantitative estimate of drug-likeness (QED) is 0.0167. The van der Waals surface area contributed by atoms with Gasteiger partial charge in [0.2, 0.25) is 41.4 Å². The fourth-order valence-corrected chi connectivity index (χ4v) is 10.3.